The molecule has 88 valence electrons. The fourth-order valence-electron chi connectivity index (χ4n) is 1.26. The fraction of sp³-hybridized carbons (Fsp3) is 0. The predicted molar refractivity (Wildman–Crippen MR) is 72.4 cm³/mol. The van der Waals surface area contributed by atoms with Crippen molar-refractivity contribution in [1.29, 1.82) is 0 Å². The lowest BCUT2D eigenvalue weighted by Crippen LogP contribution is -2.13. The molecule has 0 aliphatic heterocycles. The van der Waals surface area contributed by atoms with Crippen LogP contribution in [0, 0.1) is 0 Å². The molecule has 6 heteroatoms. The molecule has 1 heterocycles. The van der Waals surface area contributed by atoms with Crippen molar-refractivity contribution in [3.8, 4) is 0 Å². The zero-order valence-electron chi connectivity index (χ0n) is 8.63. The number of nitrogens with two attached hydrogens (primary N) is 1. The summed E-state index contributed by atoms with van der Waals surface area (Å²) in [6.45, 7) is 0. The second-order valence-electron chi connectivity index (χ2n) is 3.16. The molecule has 0 bridgehead atoms. The van der Waals surface area contributed by atoms with Crippen LogP contribution in [-0.2, 0) is 0 Å². The van der Waals surface area contributed by atoms with Gasteiger partial charge in [-0.15, -0.1) is 11.3 Å². The van der Waals surface area contributed by atoms with Crippen LogP contribution in [0.4, 0.5) is 0 Å². The van der Waals surface area contributed by atoms with Gasteiger partial charge in [-0.2, -0.15) is 0 Å². The van der Waals surface area contributed by atoms with Crippen LogP contribution in [-0.4, -0.2) is 11.0 Å². The van der Waals surface area contributed by atoms with Gasteiger partial charge in [0.1, 0.15) is 0 Å². The van der Waals surface area contributed by atoms with Gasteiger partial charge in [-0.25, -0.2) is 0 Å². The van der Waals surface area contributed by atoms with E-state index >= 15 is 0 Å². The Balaban J connectivity index is 2.25. The Hall–Kier alpha value is -1.17. The second kappa shape index (κ2) is 5.44. The molecule has 0 fully saturated rings. The lowest BCUT2D eigenvalue weighted by molar-refractivity contribution is 0.318. The number of halogens is 1. The zero-order chi connectivity index (χ0) is 12.3. The average Bonchev–Trinajstić information content (AvgIpc) is 2.81. The highest BCUT2D eigenvalue weighted by atomic mass is 35.5. The van der Waals surface area contributed by atoms with E-state index in [9.17, 15) is 0 Å². The van der Waals surface area contributed by atoms with E-state index in [2.05, 4.69) is 5.16 Å². The topological polar surface area (TPSA) is 58.6 Å². The first-order valence-corrected chi connectivity index (χ1v) is 6.77. The molecule has 2 rings (SSSR count). The Morgan fingerprint density at radius 2 is 2.24 bits per heavy atom. The van der Waals surface area contributed by atoms with Crippen molar-refractivity contribution in [3.63, 3.8) is 0 Å². The molecule has 0 atom stereocenters. The summed E-state index contributed by atoms with van der Waals surface area (Å²) in [6, 6.07) is 9.48. The van der Waals surface area contributed by atoms with E-state index in [1.54, 1.807) is 35.2 Å². The van der Waals surface area contributed by atoms with E-state index in [0.29, 0.717) is 10.6 Å². The van der Waals surface area contributed by atoms with Crippen LogP contribution in [0.15, 0.2) is 50.0 Å². The van der Waals surface area contributed by atoms with Crippen LogP contribution in [0.1, 0.15) is 5.56 Å². The number of hydrogen-bond donors (Lipinski definition) is 2. The van der Waals surface area contributed by atoms with E-state index in [0.717, 1.165) is 4.90 Å². The first-order chi connectivity index (χ1) is 8.20. The van der Waals surface area contributed by atoms with E-state index in [4.69, 9.17) is 22.5 Å². The molecule has 0 spiro atoms. The van der Waals surface area contributed by atoms with Gasteiger partial charge in [0.05, 0.1) is 9.23 Å². The first kappa shape index (κ1) is 12.3. The van der Waals surface area contributed by atoms with Crippen LogP contribution < -0.4 is 5.73 Å². The summed E-state index contributed by atoms with van der Waals surface area (Å²) in [5, 5.41) is 14.0. The maximum absolute atomic E-state index is 8.59. The summed E-state index contributed by atoms with van der Waals surface area (Å²) in [5.74, 6) is 0.0164. The third-order valence-electron chi connectivity index (χ3n) is 2.04. The highest BCUT2D eigenvalue weighted by Gasteiger charge is 2.07. The maximum atomic E-state index is 8.59. The molecule has 0 aliphatic rings. The van der Waals surface area contributed by atoms with Crippen LogP contribution in [0.5, 0.6) is 0 Å². The van der Waals surface area contributed by atoms with Gasteiger partial charge in [0.15, 0.2) is 5.84 Å². The largest absolute Gasteiger partial charge is 0.409 e. The molecule has 0 saturated carbocycles. The van der Waals surface area contributed by atoms with Crippen LogP contribution in [0.25, 0.3) is 0 Å². The molecule has 0 amide bonds. The Morgan fingerprint density at radius 1 is 1.41 bits per heavy atom. The summed E-state index contributed by atoms with van der Waals surface area (Å²) < 4.78 is 1.19. The molecular formula is C11H9ClN2OS2. The van der Waals surface area contributed by atoms with Crippen molar-refractivity contribution >= 4 is 40.5 Å². The minimum Gasteiger partial charge on any atom is -0.409 e. The van der Waals surface area contributed by atoms with Gasteiger partial charge < -0.3 is 10.9 Å². The highest BCUT2D eigenvalue weighted by Crippen LogP contribution is 2.33. The van der Waals surface area contributed by atoms with Crippen molar-refractivity contribution < 1.29 is 5.21 Å². The first-order valence-electron chi connectivity index (χ1n) is 4.69. The van der Waals surface area contributed by atoms with E-state index < -0.39 is 0 Å². The Bertz CT molecular complexity index is 540. The number of hydrogen-bond acceptors (Lipinski definition) is 4. The van der Waals surface area contributed by atoms with Gasteiger partial charge in [0.25, 0.3) is 0 Å². The third-order valence-corrected chi connectivity index (χ3v) is 4.38. The van der Waals surface area contributed by atoms with Crippen molar-refractivity contribution in [2.45, 2.75) is 9.10 Å². The molecule has 1 aromatic carbocycles. The zero-order valence-corrected chi connectivity index (χ0v) is 11.0. The van der Waals surface area contributed by atoms with Gasteiger partial charge >= 0.3 is 0 Å². The normalized spacial score (nSPS) is 11.7. The standard InChI is InChI=1S/C11H9ClN2OS2/c12-9-6-7(17-10-2-1-5-16-10)3-4-8(9)11(13)14-15/h1-6,15H,(H2,13,14). The molecule has 0 aliphatic carbocycles. The van der Waals surface area contributed by atoms with Gasteiger partial charge in [0.2, 0.25) is 0 Å². The Morgan fingerprint density at radius 3 is 2.82 bits per heavy atom. The van der Waals surface area contributed by atoms with Crippen molar-refractivity contribution in [2.24, 2.45) is 10.9 Å². The lowest BCUT2D eigenvalue weighted by atomic mass is 10.2. The highest BCUT2D eigenvalue weighted by molar-refractivity contribution is 8.01. The monoisotopic (exact) mass is 284 g/mol. The number of benzene rings is 1. The molecule has 3 nitrogen and oxygen atoms in total. The number of thiophene rings is 1. The molecule has 0 unspecified atom stereocenters. The minimum absolute atomic E-state index is 0.0164. The van der Waals surface area contributed by atoms with E-state index in [1.165, 1.54) is 4.21 Å². The smallest absolute Gasteiger partial charge is 0.171 e. The van der Waals surface area contributed by atoms with Crippen molar-refractivity contribution in [1.82, 2.24) is 0 Å². The molecule has 0 saturated heterocycles. The molecule has 0 radical (unpaired) electrons. The summed E-state index contributed by atoms with van der Waals surface area (Å²) in [4.78, 5) is 1.02. The summed E-state index contributed by atoms with van der Waals surface area (Å²) >= 11 is 9.36. The van der Waals surface area contributed by atoms with Crippen molar-refractivity contribution in [2.75, 3.05) is 0 Å². The summed E-state index contributed by atoms with van der Waals surface area (Å²) in [7, 11) is 0. The van der Waals surface area contributed by atoms with Gasteiger partial charge in [-0.1, -0.05) is 34.6 Å². The summed E-state index contributed by atoms with van der Waals surface area (Å²) in [5.41, 5.74) is 6.02. The van der Waals surface area contributed by atoms with Crippen LogP contribution in [0.2, 0.25) is 5.02 Å². The number of nitrogens with zero attached hydrogens (tertiary/aromatic N) is 1. The van der Waals surface area contributed by atoms with Gasteiger partial charge in [-0.05, 0) is 29.6 Å². The maximum Gasteiger partial charge on any atom is 0.171 e. The molecular weight excluding hydrogens is 276 g/mol. The fourth-order valence-corrected chi connectivity index (χ4v) is 3.39. The molecule has 3 N–H and O–H groups in total. The van der Waals surface area contributed by atoms with E-state index in [-0.39, 0.29) is 5.84 Å². The number of amidine groups is 1. The number of rotatable bonds is 3. The average molecular weight is 285 g/mol. The Kier molecular flexibility index (Phi) is 3.93. The molecule has 1 aromatic heterocycles. The van der Waals surface area contributed by atoms with Crippen LogP contribution in [0.3, 0.4) is 0 Å². The van der Waals surface area contributed by atoms with Gasteiger partial charge in [-0.3, -0.25) is 0 Å². The molecule has 17 heavy (non-hydrogen) atoms. The Labute approximate surface area is 112 Å². The van der Waals surface area contributed by atoms with E-state index in [1.807, 2.05) is 23.6 Å². The van der Waals surface area contributed by atoms with Gasteiger partial charge in [0, 0.05) is 10.5 Å². The van der Waals surface area contributed by atoms with Crippen molar-refractivity contribution in [3.05, 3.63) is 46.3 Å². The molecule has 2 aromatic rings. The summed E-state index contributed by atoms with van der Waals surface area (Å²) in [6.07, 6.45) is 0. The SMILES string of the molecule is NC(=NO)c1ccc(Sc2cccs2)cc1Cl. The minimum atomic E-state index is 0.0164. The number of oxime groups is 1. The van der Waals surface area contributed by atoms with Crippen LogP contribution >= 0.6 is 34.7 Å². The second-order valence-corrected chi connectivity index (χ2v) is 5.89. The lowest BCUT2D eigenvalue weighted by Gasteiger charge is -2.04. The predicted octanol–water partition coefficient (Wildman–Crippen LogP) is 3.65. The quantitative estimate of drug-likeness (QED) is 0.391. The third kappa shape index (κ3) is 2.94.